The van der Waals surface area contributed by atoms with Crippen molar-refractivity contribution in [2.75, 3.05) is 13.2 Å². The van der Waals surface area contributed by atoms with Gasteiger partial charge in [-0.25, -0.2) is 4.79 Å². The number of nitrogens with one attached hydrogen (secondary N) is 1. The highest BCUT2D eigenvalue weighted by atomic mass is 32.1. The number of benzene rings is 2. The molecule has 0 spiro atoms. The van der Waals surface area contributed by atoms with Crippen molar-refractivity contribution in [2.45, 2.75) is 19.9 Å². The molecule has 0 radical (unpaired) electrons. The predicted molar refractivity (Wildman–Crippen MR) is 113 cm³/mol. The van der Waals surface area contributed by atoms with E-state index >= 15 is 0 Å². The summed E-state index contributed by atoms with van der Waals surface area (Å²) in [4.78, 5) is 25.3. The molecule has 0 saturated heterocycles. The second-order valence-electron chi connectivity index (χ2n) is 6.62. The fourth-order valence-electron chi connectivity index (χ4n) is 2.76. The van der Waals surface area contributed by atoms with E-state index in [2.05, 4.69) is 5.32 Å². The molecule has 0 aliphatic rings. The van der Waals surface area contributed by atoms with Gasteiger partial charge in [-0.2, -0.15) is 0 Å². The highest BCUT2D eigenvalue weighted by molar-refractivity contribution is 7.10. The number of carbonyl (C=O) groups excluding carboxylic acids is 2. The van der Waals surface area contributed by atoms with Crippen LogP contribution in [0.25, 0.3) is 0 Å². The lowest BCUT2D eigenvalue weighted by atomic mass is 10.1. The van der Waals surface area contributed by atoms with Gasteiger partial charge in [-0.3, -0.25) is 4.79 Å². The summed E-state index contributed by atoms with van der Waals surface area (Å²) < 4.78 is 10.5. The fourth-order valence-corrected chi connectivity index (χ4v) is 3.56. The van der Waals surface area contributed by atoms with Gasteiger partial charge >= 0.3 is 5.97 Å². The van der Waals surface area contributed by atoms with E-state index in [0.29, 0.717) is 5.75 Å². The zero-order valence-electron chi connectivity index (χ0n) is 16.4. The van der Waals surface area contributed by atoms with E-state index in [1.807, 2.05) is 73.8 Å². The van der Waals surface area contributed by atoms with E-state index in [9.17, 15) is 9.59 Å². The number of rotatable bonds is 8. The van der Waals surface area contributed by atoms with Gasteiger partial charge in [-0.05, 0) is 54.1 Å². The maximum absolute atomic E-state index is 12.4. The molecule has 0 aliphatic carbocycles. The molecular formula is C23H23NO4S. The van der Waals surface area contributed by atoms with Crippen LogP contribution in [0.1, 0.15) is 27.6 Å². The molecular weight excluding hydrogens is 386 g/mol. The molecule has 0 aliphatic heterocycles. The van der Waals surface area contributed by atoms with Crippen molar-refractivity contribution >= 4 is 23.2 Å². The molecule has 0 unspecified atom stereocenters. The molecule has 29 heavy (non-hydrogen) atoms. The summed E-state index contributed by atoms with van der Waals surface area (Å²) in [5.74, 6) is -0.367. The molecule has 1 aromatic heterocycles. The summed E-state index contributed by atoms with van der Waals surface area (Å²) in [6.07, 6.45) is 0. The average Bonchev–Trinajstić information content (AvgIpc) is 3.26. The van der Waals surface area contributed by atoms with Gasteiger partial charge in [0.05, 0.1) is 6.04 Å². The summed E-state index contributed by atoms with van der Waals surface area (Å²) >= 11 is 1.56. The highest BCUT2D eigenvalue weighted by Gasteiger charge is 2.18. The van der Waals surface area contributed by atoms with Crippen LogP contribution in [0.2, 0.25) is 0 Å². The first-order valence-corrected chi connectivity index (χ1v) is 10.1. The van der Waals surface area contributed by atoms with Gasteiger partial charge in [0, 0.05) is 4.88 Å². The molecule has 6 heteroatoms. The zero-order valence-corrected chi connectivity index (χ0v) is 17.2. The summed E-state index contributed by atoms with van der Waals surface area (Å²) in [5.41, 5.74) is 3.19. The van der Waals surface area contributed by atoms with E-state index in [-0.39, 0.29) is 25.2 Å². The second kappa shape index (κ2) is 9.89. The quantitative estimate of drug-likeness (QED) is 0.567. The van der Waals surface area contributed by atoms with E-state index < -0.39 is 5.97 Å². The third-order valence-electron chi connectivity index (χ3n) is 4.47. The minimum absolute atomic E-state index is 0.247. The molecule has 3 rings (SSSR count). The average molecular weight is 410 g/mol. The van der Waals surface area contributed by atoms with E-state index in [1.54, 1.807) is 17.4 Å². The Morgan fingerprint density at radius 2 is 1.76 bits per heavy atom. The number of aryl methyl sites for hydroxylation is 2. The Morgan fingerprint density at radius 3 is 2.45 bits per heavy atom. The topological polar surface area (TPSA) is 64.6 Å². The van der Waals surface area contributed by atoms with Crippen LogP contribution in [-0.2, 0) is 14.3 Å². The Morgan fingerprint density at radius 1 is 0.966 bits per heavy atom. The maximum Gasteiger partial charge on any atom is 0.344 e. The van der Waals surface area contributed by atoms with Crippen molar-refractivity contribution in [3.05, 3.63) is 87.6 Å². The largest absolute Gasteiger partial charge is 0.482 e. The van der Waals surface area contributed by atoms with Gasteiger partial charge in [0.15, 0.2) is 13.2 Å². The Balaban J connectivity index is 1.51. The van der Waals surface area contributed by atoms with Crippen LogP contribution in [0, 0.1) is 13.8 Å². The third-order valence-corrected chi connectivity index (χ3v) is 5.40. The molecule has 150 valence electrons. The van der Waals surface area contributed by atoms with Crippen molar-refractivity contribution in [1.82, 2.24) is 5.32 Å². The van der Waals surface area contributed by atoms with Crippen LogP contribution < -0.4 is 10.1 Å². The zero-order chi connectivity index (χ0) is 20.6. The van der Waals surface area contributed by atoms with Gasteiger partial charge in [-0.15, -0.1) is 11.3 Å². The van der Waals surface area contributed by atoms with Crippen molar-refractivity contribution < 1.29 is 19.1 Å². The number of esters is 1. The molecule has 0 saturated carbocycles. The van der Waals surface area contributed by atoms with Crippen molar-refractivity contribution in [3.8, 4) is 5.75 Å². The first-order valence-electron chi connectivity index (χ1n) is 9.26. The van der Waals surface area contributed by atoms with Gasteiger partial charge in [0.2, 0.25) is 0 Å². The Labute approximate surface area is 174 Å². The van der Waals surface area contributed by atoms with Crippen LogP contribution in [0.15, 0.2) is 66.0 Å². The van der Waals surface area contributed by atoms with Gasteiger partial charge in [0.1, 0.15) is 5.75 Å². The molecule has 1 N–H and O–H groups in total. The number of hydrogen-bond acceptors (Lipinski definition) is 5. The summed E-state index contributed by atoms with van der Waals surface area (Å²) in [7, 11) is 0. The van der Waals surface area contributed by atoms with Crippen molar-refractivity contribution in [2.24, 2.45) is 0 Å². The minimum Gasteiger partial charge on any atom is -0.482 e. The van der Waals surface area contributed by atoms with Crippen LogP contribution >= 0.6 is 11.3 Å². The van der Waals surface area contributed by atoms with Crippen LogP contribution in [0.5, 0.6) is 5.75 Å². The fraction of sp³-hybridized carbons (Fsp3) is 0.217. The van der Waals surface area contributed by atoms with Crippen molar-refractivity contribution in [3.63, 3.8) is 0 Å². The highest BCUT2D eigenvalue weighted by Crippen LogP contribution is 2.25. The first-order chi connectivity index (χ1) is 14.0. The lowest BCUT2D eigenvalue weighted by Gasteiger charge is -2.18. The van der Waals surface area contributed by atoms with Gasteiger partial charge in [-0.1, -0.05) is 42.5 Å². The maximum atomic E-state index is 12.4. The monoisotopic (exact) mass is 409 g/mol. The molecule has 0 bridgehead atoms. The number of carbonyl (C=O) groups is 2. The summed E-state index contributed by atoms with van der Waals surface area (Å²) in [5, 5.41) is 4.89. The lowest BCUT2D eigenvalue weighted by molar-refractivity contribution is -0.150. The SMILES string of the molecule is Cc1ccc(OCC(=O)OCC(=O)N[C@H](c2ccccc2)c2cccs2)cc1C. The number of amides is 1. The van der Waals surface area contributed by atoms with E-state index in [0.717, 1.165) is 21.6 Å². The minimum atomic E-state index is -0.592. The smallest absolute Gasteiger partial charge is 0.344 e. The Kier molecular flexibility index (Phi) is 7.03. The molecule has 2 aromatic carbocycles. The summed E-state index contributed by atoms with van der Waals surface area (Å²) in [6.45, 7) is 3.37. The number of thiophene rings is 1. The number of ether oxygens (including phenoxy) is 2. The normalized spacial score (nSPS) is 11.5. The molecule has 0 fully saturated rings. The Bertz CT molecular complexity index is 954. The first kappa shape index (κ1) is 20.6. The second-order valence-corrected chi connectivity index (χ2v) is 7.60. The molecule has 5 nitrogen and oxygen atoms in total. The molecule has 3 aromatic rings. The van der Waals surface area contributed by atoms with Crippen LogP contribution in [0.3, 0.4) is 0 Å². The predicted octanol–water partition coefficient (Wildman–Crippen LogP) is 4.19. The third kappa shape index (κ3) is 5.93. The van der Waals surface area contributed by atoms with Crippen LogP contribution in [-0.4, -0.2) is 25.1 Å². The van der Waals surface area contributed by atoms with Crippen LogP contribution in [0.4, 0.5) is 0 Å². The standard InChI is InChI=1S/C23H23NO4S/c1-16-10-11-19(13-17(16)2)27-15-22(26)28-14-21(25)24-23(20-9-6-12-29-20)18-7-4-3-5-8-18/h3-13,23H,14-15H2,1-2H3,(H,24,25)/t23-/m1/s1. The van der Waals surface area contributed by atoms with Gasteiger partial charge < -0.3 is 14.8 Å². The summed E-state index contributed by atoms with van der Waals surface area (Å²) in [6, 6.07) is 18.9. The Hall–Kier alpha value is -3.12. The number of hydrogen-bond donors (Lipinski definition) is 1. The van der Waals surface area contributed by atoms with E-state index in [4.69, 9.17) is 9.47 Å². The molecule has 1 atom stereocenters. The molecule has 1 amide bonds. The van der Waals surface area contributed by atoms with Gasteiger partial charge in [0.25, 0.3) is 5.91 Å². The van der Waals surface area contributed by atoms with Crippen molar-refractivity contribution in [1.29, 1.82) is 0 Å². The van der Waals surface area contributed by atoms with E-state index in [1.165, 1.54) is 0 Å². The molecule has 1 heterocycles. The lowest BCUT2D eigenvalue weighted by Crippen LogP contribution is -2.33.